The maximum absolute atomic E-state index is 13.4. The summed E-state index contributed by atoms with van der Waals surface area (Å²) < 4.78 is 18.9. The number of hydrogen-bond acceptors (Lipinski definition) is 5. The van der Waals surface area contributed by atoms with Gasteiger partial charge in [-0.1, -0.05) is 19.1 Å². The largest absolute Gasteiger partial charge is 0.424 e. The van der Waals surface area contributed by atoms with Gasteiger partial charge in [0.25, 0.3) is 0 Å². The van der Waals surface area contributed by atoms with Crippen molar-refractivity contribution in [2.45, 2.75) is 38.5 Å². The summed E-state index contributed by atoms with van der Waals surface area (Å²) in [5.41, 5.74) is 0.863. The molecular formula is C15H18FN3O2. The molecule has 0 amide bonds. The van der Waals surface area contributed by atoms with Gasteiger partial charge in [0.1, 0.15) is 5.82 Å². The Morgan fingerprint density at radius 2 is 2.19 bits per heavy atom. The van der Waals surface area contributed by atoms with Crippen molar-refractivity contribution in [2.24, 2.45) is 0 Å². The zero-order valence-electron chi connectivity index (χ0n) is 11.9. The highest BCUT2D eigenvalue weighted by Gasteiger charge is 2.33. The summed E-state index contributed by atoms with van der Waals surface area (Å²) in [5.74, 6) is 0.870. The molecule has 1 fully saturated rings. The van der Waals surface area contributed by atoms with Crippen LogP contribution in [0.5, 0.6) is 0 Å². The fourth-order valence-electron chi connectivity index (χ4n) is 2.78. The first-order valence-corrected chi connectivity index (χ1v) is 7.14. The summed E-state index contributed by atoms with van der Waals surface area (Å²) in [6, 6.07) is 6.47. The van der Waals surface area contributed by atoms with Crippen LogP contribution in [0.2, 0.25) is 0 Å². The van der Waals surface area contributed by atoms with Gasteiger partial charge < -0.3 is 9.52 Å². The highest BCUT2D eigenvalue weighted by molar-refractivity contribution is 5.21. The second-order valence-corrected chi connectivity index (χ2v) is 5.33. The Hall–Kier alpha value is -1.79. The summed E-state index contributed by atoms with van der Waals surface area (Å²) in [5, 5.41) is 17.9. The van der Waals surface area contributed by atoms with Crippen LogP contribution in [0.15, 0.2) is 28.7 Å². The zero-order chi connectivity index (χ0) is 14.8. The van der Waals surface area contributed by atoms with Crippen LogP contribution in [-0.4, -0.2) is 32.9 Å². The predicted octanol–water partition coefficient (Wildman–Crippen LogP) is 2.08. The Morgan fingerprint density at radius 1 is 1.38 bits per heavy atom. The molecule has 1 saturated heterocycles. The van der Waals surface area contributed by atoms with Crippen molar-refractivity contribution in [3.8, 4) is 0 Å². The van der Waals surface area contributed by atoms with Crippen molar-refractivity contribution in [3.05, 3.63) is 47.4 Å². The average molecular weight is 291 g/mol. The number of aliphatic hydroxyl groups is 1. The third-order valence-corrected chi connectivity index (χ3v) is 3.76. The number of hydrogen-bond donors (Lipinski definition) is 1. The number of halogens is 1. The maximum Gasteiger partial charge on any atom is 0.230 e. The lowest BCUT2D eigenvalue weighted by molar-refractivity contribution is 0.167. The second-order valence-electron chi connectivity index (χ2n) is 5.33. The van der Waals surface area contributed by atoms with Crippen LogP contribution in [0.1, 0.15) is 36.7 Å². The highest BCUT2D eigenvalue weighted by atomic mass is 19.1. The lowest BCUT2D eigenvalue weighted by Crippen LogP contribution is -2.24. The van der Waals surface area contributed by atoms with Crippen LogP contribution in [0.4, 0.5) is 4.39 Å². The van der Waals surface area contributed by atoms with Crippen molar-refractivity contribution in [3.63, 3.8) is 0 Å². The van der Waals surface area contributed by atoms with Crippen molar-refractivity contribution < 1.29 is 13.9 Å². The SMILES string of the molecule is CCc1nnc(CN2C[C@H](O)C[C@@H]2c2cccc(F)c2)o1. The van der Waals surface area contributed by atoms with E-state index in [2.05, 4.69) is 10.2 Å². The predicted molar refractivity (Wildman–Crippen MR) is 73.9 cm³/mol. The van der Waals surface area contributed by atoms with E-state index in [0.29, 0.717) is 37.7 Å². The highest BCUT2D eigenvalue weighted by Crippen LogP contribution is 2.33. The molecule has 112 valence electrons. The summed E-state index contributed by atoms with van der Waals surface area (Å²) in [6.45, 7) is 2.93. The maximum atomic E-state index is 13.4. The van der Waals surface area contributed by atoms with E-state index in [-0.39, 0.29) is 11.9 Å². The van der Waals surface area contributed by atoms with Gasteiger partial charge in [0.15, 0.2) is 0 Å². The minimum atomic E-state index is -0.424. The molecule has 21 heavy (non-hydrogen) atoms. The number of nitrogens with zero attached hydrogens (tertiary/aromatic N) is 3. The molecule has 0 radical (unpaired) electrons. The minimum absolute atomic E-state index is 0.0346. The van der Waals surface area contributed by atoms with E-state index in [0.717, 1.165) is 5.56 Å². The smallest absolute Gasteiger partial charge is 0.230 e. The van der Waals surface area contributed by atoms with Crippen molar-refractivity contribution >= 4 is 0 Å². The molecule has 1 aromatic carbocycles. The molecule has 1 N–H and O–H groups in total. The van der Waals surface area contributed by atoms with Gasteiger partial charge in [-0.2, -0.15) is 0 Å². The molecule has 1 aliphatic heterocycles. The molecule has 3 rings (SSSR count). The van der Waals surface area contributed by atoms with Crippen LogP contribution in [0.25, 0.3) is 0 Å². The first-order valence-electron chi connectivity index (χ1n) is 7.14. The van der Waals surface area contributed by atoms with Gasteiger partial charge in [0, 0.05) is 19.0 Å². The van der Waals surface area contributed by atoms with E-state index in [4.69, 9.17) is 4.42 Å². The zero-order valence-corrected chi connectivity index (χ0v) is 11.9. The van der Waals surface area contributed by atoms with Crippen molar-refractivity contribution in [1.82, 2.24) is 15.1 Å². The van der Waals surface area contributed by atoms with E-state index >= 15 is 0 Å². The van der Waals surface area contributed by atoms with Gasteiger partial charge in [0.05, 0.1) is 12.6 Å². The molecule has 6 heteroatoms. The molecule has 2 aromatic rings. The van der Waals surface area contributed by atoms with Gasteiger partial charge in [-0.3, -0.25) is 4.90 Å². The molecule has 2 atom stereocenters. The normalized spacial score (nSPS) is 22.8. The summed E-state index contributed by atoms with van der Waals surface area (Å²) >= 11 is 0. The minimum Gasteiger partial charge on any atom is -0.424 e. The Balaban J connectivity index is 1.79. The van der Waals surface area contributed by atoms with Crippen molar-refractivity contribution in [1.29, 1.82) is 0 Å². The van der Waals surface area contributed by atoms with E-state index < -0.39 is 6.10 Å². The number of aromatic nitrogens is 2. The van der Waals surface area contributed by atoms with Gasteiger partial charge in [0.2, 0.25) is 11.8 Å². The summed E-state index contributed by atoms with van der Waals surface area (Å²) in [4.78, 5) is 2.05. The third kappa shape index (κ3) is 3.11. The number of rotatable bonds is 4. The molecule has 0 bridgehead atoms. The summed E-state index contributed by atoms with van der Waals surface area (Å²) in [6.07, 6.45) is 0.855. The lowest BCUT2D eigenvalue weighted by Gasteiger charge is -2.22. The van der Waals surface area contributed by atoms with E-state index in [9.17, 15) is 9.50 Å². The van der Waals surface area contributed by atoms with E-state index in [1.165, 1.54) is 12.1 Å². The number of aliphatic hydroxyl groups excluding tert-OH is 1. The monoisotopic (exact) mass is 291 g/mol. The first-order chi connectivity index (χ1) is 10.2. The Morgan fingerprint density at radius 3 is 2.90 bits per heavy atom. The number of aryl methyl sites for hydroxylation is 1. The van der Waals surface area contributed by atoms with Crippen LogP contribution in [0.3, 0.4) is 0 Å². The van der Waals surface area contributed by atoms with Crippen LogP contribution >= 0.6 is 0 Å². The Bertz CT molecular complexity index is 616. The molecule has 0 saturated carbocycles. The van der Waals surface area contributed by atoms with E-state index in [1.807, 2.05) is 17.9 Å². The fraction of sp³-hybridized carbons (Fsp3) is 0.467. The molecule has 0 aliphatic carbocycles. The van der Waals surface area contributed by atoms with Crippen molar-refractivity contribution in [2.75, 3.05) is 6.54 Å². The number of likely N-dealkylation sites (tertiary alicyclic amines) is 1. The van der Waals surface area contributed by atoms with Gasteiger partial charge in [-0.25, -0.2) is 4.39 Å². The standard InChI is InChI=1S/C15H18FN3O2/c1-2-14-17-18-15(21-14)9-19-8-12(20)7-13(19)10-4-3-5-11(16)6-10/h3-6,12-13,20H,2,7-9H2,1H3/t12-,13-/m1/s1. The third-order valence-electron chi connectivity index (χ3n) is 3.76. The van der Waals surface area contributed by atoms with Gasteiger partial charge in [-0.15, -0.1) is 10.2 Å². The number of β-amino-alcohol motifs (C(OH)–C–C–N with tert-alkyl or cyclic N) is 1. The molecule has 5 nitrogen and oxygen atoms in total. The molecule has 0 spiro atoms. The number of benzene rings is 1. The van der Waals surface area contributed by atoms with Crippen LogP contribution in [0, 0.1) is 5.82 Å². The van der Waals surface area contributed by atoms with Gasteiger partial charge >= 0.3 is 0 Å². The molecule has 2 heterocycles. The summed E-state index contributed by atoms with van der Waals surface area (Å²) in [7, 11) is 0. The molecule has 1 aromatic heterocycles. The second kappa shape index (κ2) is 5.91. The topological polar surface area (TPSA) is 62.4 Å². The van der Waals surface area contributed by atoms with Crippen LogP contribution in [-0.2, 0) is 13.0 Å². The average Bonchev–Trinajstić information content (AvgIpc) is 3.06. The molecular weight excluding hydrogens is 273 g/mol. The lowest BCUT2D eigenvalue weighted by atomic mass is 10.0. The Kier molecular flexibility index (Phi) is 3.98. The van der Waals surface area contributed by atoms with E-state index in [1.54, 1.807) is 6.07 Å². The van der Waals surface area contributed by atoms with Gasteiger partial charge in [-0.05, 0) is 24.1 Å². The first kappa shape index (κ1) is 14.2. The molecule has 1 aliphatic rings. The fourth-order valence-corrected chi connectivity index (χ4v) is 2.78. The molecule has 0 unspecified atom stereocenters. The Labute approximate surface area is 122 Å². The quantitative estimate of drug-likeness (QED) is 0.934. The van der Waals surface area contributed by atoms with Crippen LogP contribution < -0.4 is 0 Å².